The van der Waals surface area contributed by atoms with Crippen LogP contribution in [0.4, 0.5) is 0 Å². The summed E-state index contributed by atoms with van der Waals surface area (Å²) < 4.78 is 10.9. The molecule has 13 heavy (non-hydrogen) atoms. The van der Waals surface area contributed by atoms with E-state index in [1.165, 1.54) is 5.56 Å². The molecule has 0 bridgehead atoms. The zero-order valence-corrected chi connectivity index (χ0v) is 9.02. The monoisotopic (exact) mass is 196 g/mol. The maximum Gasteiger partial charge on any atom is 0.349 e. The molecular weight excluding hydrogens is 183 g/mol. The van der Waals surface area contributed by atoms with Crippen LogP contribution < -0.4 is 10.2 Å². The molecule has 1 aromatic carbocycles. The predicted octanol–water partition coefficient (Wildman–Crippen LogP) is 1.59. The van der Waals surface area contributed by atoms with Gasteiger partial charge in [0.15, 0.2) is 5.30 Å². The van der Waals surface area contributed by atoms with Crippen LogP contribution >= 0.6 is 8.03 Å². The van der Waals surface area contributed by atoms with E-state index in [0.717, 1.165) is 17.5 Å². The average Bonchev–Trinajstić information content (AvgIpc) is 2.02. The van der Waals surface area contributed by atoms with Crippen molar-refractivity contribution in [2.45, 2.75) is 27.2 Å². The smallest absolute Gasteiger partial charge is 0.349 e. The Balaban J connectivity index is 3.31. The zero-order valence-electron chi connectivity index (χ0n) is 8.13. The van der Waals surface area contributed by atoms with Gasteiger partial charge in [0.2, 0.25) is 0 Å². The van der Waals surface area contributed by atoms with Crippen LogP contribution in [0, 0.1) is 13.8 Å². The van der Waals surface area contributed by atoms with Crippen LogP contribution in [0.5, 0.6) is 0 Å². The standard InChI is InChI=1S/C10H13O2P/c1-4-9-5-7(2)10(13(11)12)8(3)6-9/h5-6H,4H2,1-3H3. The molecule has 0 radical (unpaired) electrons. The Hall–Kier alpha value is -0.720. The van der Waals surface area contributed by atoms with Gasteiger partial charge in [-0.05, 0) is 25.8 Å². The quantitative estimate of drug-likeness (QED) is 0.674. The Morgan fingerprint density at radius 2 is 1.77 bits per heavy atom. The molecule has 0 N–H and O–H groups in total. The topological polar surface area (TPSA) is 40.1 Å². The molecule has 2 nitrogen and oxygen atoms in total. The second kappa shape index (κ2) is 3.99. The molecule has 1 aromatic rings. The van der Waals surface area contributed by atoms with Gasteiger partial charge in [-0.3, -0.25) is 0 Å². The lowest BCUT2D eigenvalue weighted by molar-refractivity contribution is -0.160. The SMILES string of the molecule is CCc1cc(C)c([P+](=O)[O-])c(C)c1. The molecule has 0 fully saturated rings. The zero-order chi connectivity index (χ0) is 10.0. The highest BCUT2D eigenvalue weighted by Gasteiger charge is 2.15. The predicted molar refractivity (Wildman–Crippen MR) is 52.5 cm³/mol. The molecule has 1 unspecified atom stereocenters. The summed E-state index contributed by atoms with van der Waals surface area (Å²) in [6, 6.07) is 3.88. The second-order valence-electron chi connectivity index (χ2n) is 3.19. The van der Waals surface area contributed by atoms with Gasteiger partial charge in [-0.25, -0.2) is 0 Å². The van der Waals surface area contributed by atoms with Gasteiger partial charge < -0.3 is 4.89 Å². The molecule has 0 saturated heterocycles. The Kier molecular flexibility index (Phi) is 3.18. The summed E-state index contributed by atoms with van der Waals surface area (Å²) in [6.07, 6.45) is 0.942. The largest absolute Gasteiger partial charge is 0.591 e. The molecule has 0 heterocycles. The van der Waals surface area contributed by atoms with Crippen molar-refractivity contribution >= 4 is 13.3 Å². The van der Waals surface area contributed by atoms with E-state index in [9.17, 15) is 9.46 Å². The fraction of sp³-hybridized carbons (Fsp3) is 0.400. The van der Waals surface area contributed by atoms with Crippen molar-refractivity contribution in [1.29, 1.82) is 0 Å². The minimum atomic E-state index is -2.45. The van der Waals surface area contributed by atoms with Crippen molar-refractivity contribution in [3.8, 4) is 0 Å². The summed E-state index contributed by atoms with van der Waals surface area (Å²) >= 11 is 0. The van der Waals surface area contributed by atoms with Crippen molar-refractivity contribution in [3.05, 3.63) is 28.8 Å². The first-order valence-corrected chi connectivity index (χ1v) is 5.48. The van der Waals surface area contributed by atoms with Gasteiger partial charge in [-0.2, -0.15) is 0 Å². The summed E-state index contributed by atoms with van der Waals surface area (Å²) in [6.45, 7) is 5.74. The third-order valence-electron chi connectivity index (χ3n) is 2.14. The van der Waals surface area contributed by atoms with E-state index in [-0.39, 0.29) is 0 Å². The van der Waals surface area contributed by atoms with Crippen molar-refractivity contribution in [1.82, 2.24) is 0 Å². The van der Waals surface area contributed by atoms with Crippen molar-refractivity contribution in [3.63, 3.8) is 0 Å². The average molecular weight is 196 g/mol. The number of hydrogen-bond donors (Lipinski definition) is 0. The van der Waals surface area contributed by atoms with Crippen molar-refractivity contribution in [2.24, 2.45) is 0 Å². The summed E-state index contributed by atoms with van der Waals surface area (Å²) in [5.41, 5.74) is 2.90. The molecule has 0 aromatic heterocycles. The maximum atomic E-state index is 10.9. The highest BCUT2D eigenvalue weighted by molar-refractivity contribution is 7.46. The minimum Gasteiger partial charge on any atom is -0.591 e. The molecule has 0 amide bonds. The van der Waals surface area contributed by atoms with Crippen LogP contribution in [0.2, 0.25) is 0 Å². The van der Waals surface area contributed by atoms with E-state index < -0.39 is 8.03 Å². The lowest BCUT2D eigenvalue weighted by Crippen LogP contribution is -2.12. The molecule has 0 saturated carbocycles. The summed E-state index contributed by atoms with van der Waals surface area (Å²) in [5, 5.41) is 0.479. The van der Waals surface area contributed by atoms with E-state index in [0.29, 0.717) is 5.30 Å². The Morgan fingerprint density at radius 3 is 2.08 bits per heavy atom. The highest BCUT2D eigenvalue weighted by atomic mass is 31.1. The minimum absolute atomic E-state index is 0.479. The van der Waals surface area contributed by atoms with Crippen molar-refractivity contribution in [2.75, 3.05) is 0 Å². The van der Waals surface area contributed by atoms with Crippen LogP contribution in [0.1, 0.15) is 23.6 Å². The first kappa shape index (κ1) is 10.4. The number of benzene rings is 1. The Labute approximate surface area is 79.5 Å². The van der Waals surface area contributed by atoms with Crippen LogP contribution in [0.3, 0.4) is 0 Å². The van der Waals surface area contributed by atoms with Crippen LogP contribution in [0.25, 0.3) is 0 Å². The lowest BCUT2D eigenvalue weighted by Gasteiger charge is -2.04. The first-order chi connectivity index (χ1) is 6.06. The van der Waals surface area contributed by atoms with Gasteiger partial charge in [0, 0.05) is 11.1 Å². The van der Waals surface area contributed by atoms with E-state index in [1.807, 2.05) is 26.0 Å². The lowest BCUT2D eigenvalue weighted by atomic mass is 10.1. The third-order valence-corrected chi connectivity index (χ3v) is 3.21. The molecule has 70 valence electrons. The molecule has 0 aliphatic carbocycles. The normalized spacial score (nSPS) is 11.5. The van der Waals surface area contributed by atoms with Crippen LogP contribution in [-0.4, -0.2) is 0 Å². The van der Waals surface area contributed by atoms with E-state index in [1.54, 1.807) is 0 Å². The van der Waals surface area contributed by atoms with Gasteiger partial charge in [-0.1, -0.05) is 23.6 Å². The number of aryl methyl sites for hydroxylation is 3. The Bertz CT molecular complexity index is 322. The van der Waals surface area contributed by atoms with Gasteiger partial charge in [0.1, 0.15) is 0 Å². The second-order valence-corrected chi connectivity index (χ2v) is 4.15. The highest BCUT2D eigenvalue weighted by Crippen LogP contribution is 2.17. The van der Waals surface area contributed by atoms with Crippen molar-refractivity contribution < 1.29 is 9.46 Å². The van der Waals surface area contributed by atoms with E-state index >= 15 is 0 Å². The maximum absolute atomic E-state index is 10.9. The van der Waals surface area contributed by atoms with Gasteiger partial charge >= 0.3 is 8.03 Å². The van der Waals surface area contributed by atoms with Crippen LogP contribution in [0.15, 0.2) is 12.1 Å². The van der Waals surface area contributed by atoms with E-state index in [4.69, 9.17) is 0 Å². The molecule has 1 atom stereocenters. The third kappa shape index (κ3) is 2.15. The Morgan fingerprint density at radius 1 is 1.31 bits per heavy atom. The summed E-state index contributed by atoms with van der Waals surface area (Å²) in [4.78, 5) is 10.9. The van der Waals surface area contributed by atoms with Gasteiger partial charge in [0.05, 0.1) is 0 Å². The molecular formula is C10H13O2P. The van der Waals surface area contributed by atoms with Gasteiger partial charge in [-0.15, -0.1) is 0 Å². The van der Waals surface area contributed by atoms with Gasteiger partial charge in [0.25, 0.3) is 0 Å². The number of hydrogen-bond acceptors (Lipinski definition) is 2. The van der Waals surface area contributed by atoms with Crippen LogP contribution in [-0.2, 0) is 11.0 Å². The summed E-state index contributed by atoms with van der Waals surface area (Å²) in [7, 11) is -2.45. The fourth-order valence-electron chi connectivity index (χ4n) is 1.54. The molecule has 1 rings (SSSR count). The first-order valence-electron chi connectivity index (χ1n) is 4.30. The fourth-order valence-corrected chi connectivity index (χ4v) is 2.24. The molecule has 0 aliphatic rings. The number of rotatable bonds is 2. The summed E-state index contributed by atoms with van der Waals surface area (Å²) in [5.74, 6) is 0. The molecule has 0 spiro atoms. The molecule has 0 aliphatic heterocycles. The van der Waals surface area contributed by atoms with E-state index in [2.05, 4.69) is 6.92 Å². The molecule has 3 heteroatoms.